The van der Waals surface area contributed by atoms with Crippen LogP contribution >= 0.6 is 0 Å². The van der Waals surface area contributed by atoms with Crippen molar-refractivity contribution in [1.29, 1.82) is 0 Å². The third kappa shape index (κ3) is 3.64. The number of esters is 1. The SMILES string of the molecule is COC(=O)c1ccccc1S(=O)(=O)Nc1cccc([N+](=O)[O-])c1. The van der Waals surface area contributed by atoms with Gasteiger partial charge in [0.25, 0.3) is 15.7 Å². The molecular weight excluding hydrogens is 324 g/mol. The van der Waals surface area contributed by atoms with E-state index in [0.717, 1.165) is 13.2 Å². The zero-order valence-corrected chi connectivity index (χ0v) is 12.7. The van der Waals surface area contributed by atoms with E-state index in [1.54, 1.807) is 0 Å². The molecule has 0 atom stereocenters. The molecule has 0 amide bonds. The fraction of sp³-hybridized carbons (Fsp3) is 0.0714. The van der Waals surface area contributed by atoms with Crippen molar-refractivity contribution in [3.63, 3.8) is 0 Å². The van der Waals surface area contributed by atoms with Crippen molar-refractivity contribution in [2.75, 3.05) is 11.8 Å². The van der Waals surface area contributed by atoms with E-state index >= 15 is 0 Å². The Kier molecular flexibility index (Phi) is 4.60. The first kappa shape index (κ1) is 16.4. The van der Waals surface area contributed by atoms with Gasteiger partial charge in [0, 0.05) is 12.1 Å². The highest BCUT2D eigenvalue weighted by atomic mass is 32.2. The number of hydrogen-bond acceptors (Lipinski definition) is 6. The second-order valence-corrected chi connectivity index (χ2v) is 6.05. The van der Waals surface area contributed by atoms with Crippen molar-refractivity contribution in [3.8, 4) is 0 Å². The van der Waals surface area contributed by atoms with Gasteiger partial charge in [-0.25, -0.2) is 13.2 Å². The normalized spacial score (nSPS) is 10.8. The Bertz CT molecular complexity index is 863. The highest BCUT2D eigenvalue weighted by Crippen LogP contribution is 2.23. The first-order chi connectivity index (χ1) is 10.8. The highest BCUT2D eigenvalue weighted by molar-refractivity contribution is 7.92. The molecular formula is C14H12N2O6S. The molecule has 0 bridgehead atoms. The van der Waals surface area contributed by atoms with E-state index in [1.807, 2.05) is 0 Å². The number of benzene rings is 2. The number of ether oxygens (including phenoxy) is 1. The van der Waals surface area contributed by atoms with Gasteiger partial charge < -0.3 is 4.74 Å². The summed E-state index contributed by atoms with van der Waals surface area (Å²) in [6.45, 7) is 0. The highest BCUT2D eigenvalue weighted by Gasteiger charge is 2.23. The molecule has 2 rings (SSSR count). The molecule has 23 heavy (non-hydrogen) atoms. The van der Waals surface area contributed by atoms with Crippen LogP contribution in [0.2, 0.25) is 0 Å². The number of non-ortho nitro benzene ring substituents is 1. The number of carbonyl (C=O) groups is 1. The molecule has 9 heteroatoms. The Morgan fingerprint density at radius 2 is 1.87 bits per heavy atom. The zero-order chi connectivity index (χ0) is 17.0. The summed E-state index contributed by atoms with van der Waals surface area (Å²) in [6, 6.07) is 10.5. The topological polar surface area (TPSA) is 116 Å². The molecule has 1 N–H and O–H groups in total. The van der Waals surface area contributed by atoms with Crippen LogP contribution in [0.1, 0.15) is 10.4 Å². The monoisotopic (exact) mass is 336 g/mol. The summed E-state index contributed by atoms with van der Waals surface area (Å²) in [4.78, 5) is 21.5. The van der Waals surface area contributed by atoms with Gasteiger partial charge in [0.05, 0.1) is 23.3 Å². The average molecular weight is 336 g/mol. The first-order valence-corrected chi connectivity index (χ1v) is 7.78. The van der Waals surface area contributed by atoms with Crippen LogP contribution in [-0.2, 0) is 14.8 Å². The third-order valence-electron chi connectivity index (χ3n) is 2.89. The van der Waals surface area contributed by atoms with Crippen LogP contribution in [0, 0.1) is 10.1 Å². The van der Waals surface area contributed by atoms with E-state index in [4.69, 9.17) is 0 Å². The van der Waals surface area contributed by atoms with E-state index in [0.29, 0.717) is 0 Å². The molecule has 0 fully saturated rings. The van der Waals surface area contributed by atoms with Gasteiger partial charge in [-0.05, 0) is 18.2 Å². The number of hydrogen-bond donors (Lipinski definition) is 1. The minimum absolute atomic E-state index is 0.0128. The minimum Gasteiger partial charge on any atom is -0.465 e. The van der Waals surface area contributed by atoms with Crippen molar-refractivity contribution in [2.24, 2.45) is 0 Å². The molecule has 0 aliphatic heterocycles. The van der Waals surface area contributed by atoms with Crippen LogP contribution in [0.3, 0.4) is 0 Å². The van der Waals surface area contributed by atoms with Crippen molar-refractivity contribution in [2.45, 2.75) is 4.90 Å². The van der Waals surface area contributed by atoms with Crippen LogP contribution in [0.25, 0.3) is 0 Å². The largest absolute Gasteiger partial charge is 0.465 e. The number of nitro groups is 1. The van der Waals surface area contributed by atoms with Gasteiger partial charge in [0.15, 0.2) is 0 Å². The van der Waals surface area contributed by atoms with Gasteiger partial charge in [-0.3, -0.25) is 14.8 Å². The molecule has 8 nitrogen and oxygen atoms in total. The van der Waals surface area contributed by atoms with Gasteiger partial charge in [-0.1, -0.05) is 18.2 Å². The lowest BCUT2D eigenvalue weighted by molar-refractivity contribution is -0.384. The standard InChI is InChI=1S/C14H12N2O6S/c1-22-14(17)12-7-2-3-8-13(12)23(20,21)15-10-5-4-6-11(9-10)16(18)19/h2-9,15H,1H3. The third-order valence-corrected chi connectivity index (χ3v) is 4.33. The Labute approximate surface area is 131 Å². The number of anilines is 1. The molecule has 2 aromatic rings. The lowest BCUT2D eigenvalue weighted by Gasteiger charge is -2.11. The molecule has 0 aromatic heterocycles. The van der Waals surface area contributed by atoms with Gasteiger partial charge in [0.2, 0.25) is 0 Å². The van der Waals surface area contributed by atoms with E-state index in [-0.39, 0.29) is 21.8 Å². The van der Waals surface area contributed by atoms with Crippen molar-refractivity contribution in [3.05, 3.63) is 64.2 Å². The fourth-order valence-corrected chi connectivity index (χ4v) is 3.12. The zero-order valence-electron chi connectivity index (χ0n) is 11.9. The summed E-state index contributed by atoms with van der Waals surface area (Å²) in [5, 5.41) is 10.7. The van der Waals surface area contributed by atoms with Crippen LogP contribution in [0.5, 0.6) is 0 Å². The number of nitrogens with one attached hydrogen (secondary N) is 1. The minimum atomic E-state index is -4.11. The van der Waals surface area contributed by atoms with Crippen LogP contribution in [-0.4, -0.2) is 26.4 Å². The number of sulfonamides is 1. The van der Waals surface area contributed by atoms with Gasteiger partial charge >= 0.3 is 5.97 Å². The molecule has 0 saturated carbocycles. The van der Waals surface area contributed by atoms with E-state index in [1.165, 1.54) is 42.5 Å². The molecule has 0 spiro atoms. The Morgan fingerprint density at radius 1 is 1.17 bits per heavy atom. The van der Waals surface area contributed by atoms with Crippen molar-refractivity contribution in [1.82, 2.24) is 0 Å². The number of carbonyl (C=O) groups excluding carboxylic acids is 1. The van der Waals surface area contributed by atoms with Crippen LogP contribution in [0.4, 0.5) is 11.4 Å². The maximum absolute atomic E-state index is 12.4. The summed E-state index contributed by atoms with van der Waals surface area (Å²) in [6.07, 6.45) is 0. The number of nitro benzene ring substituents is 1. The first-order valence-electron chi connectivity index (χ1n) is 6.30. The smallest absolute Gasteiger partial charge is 0.339 e. The van der Waals surface area contributed by atoms with Gasteiger partial charge in [-0.15, -0.1) is 0 Å². The molecule has 2 aromatic carbocycles. The quantitative estimate of drug-likeness (QED) is 0.508. The molecule has 0 radical (unpaired) electrons. The van der Waals surface area contributed by atoms with E-state index < -0.39 is 20.9 Å². The number of nitrogens with zero attached hydrogens (tertiary/aromatic N) is 1. The Hall–Kier alpha value is -2.94. The van der Waals surface area contributed by atoms with Crippen molar-refractivity contribution >= 4 is 27.4 Å². The van der Waals surface area contributed by atoms with E-state index in [9.17, 15) is 23.3 Å². The summed E-state index contributed by atoms with van der Waals surface area (Å²) >= 11 is 0. The maximum Gasteiger partial charge on any atom is 0.339 e. The predicted octanol–water partition coefficient (Wildman–Crippen LogP) is 2.18. The second-order valence-electron chi connectivity index (χ2n) is 4.40. The molecule has 0 aliphatic carbocycles. The molecule has 0 saturated heterocycles. The molecule has 120 valence electrons. The van der Waals surface area contributed by atoms with Crippen LogP contribution in [0.15, 0.2) is 53.4 Å². The fourth-order valence-electron chi connectivity index (χ4n) is 1.87. The summed E-state index contributed by atoms with van der Waals surface area (Å²) in [7, 11) is -2.98. The summed E-state index contributed by atoms with van der Waals surface area (Å²) in [5.41, 5.74) is -0.377. The Balaban J connectivity index is 2.42. The molecule has 0 heterocycles. The Morgan fingerprint density at radius 3 is 2.52 bits per heavy atom. The lowest BCUT2D eigenvalue weighted by Crippen LogP contribution is -2.17. The van der Waals surface area contributed by atoms with E-state index in [2.05, 4.69) is 9.46 Å². The lowest BCUT2D eigenvalue weighted by atomic mass is 10.2. The van der Waals surface area contributed by atoms with Gasteiger partial charge in [0.1, 0.15) is 4.90 Å². The number of methoxy groups -OCH3 is 1. The van der Waals surface area contributed by atoms with Gasteiger partial charge in [-0.2, -0.15) is 0 Å². The molecule has 0 unspecified atom stereocenters. The number of rotatable bonds is 5. The summed E-state index contributed by atoms with van der Waals surface area (Å²) in [5.74, 6) is -0.801. The maximum atomic E-state index is 12.4. The molecule has 0 aliphatic rings. The van der Waals surface area contributed by atoms with Crippen LogP contribution < -0.4 is 4.72 Å². The summed E-state index contributed by atoms with van der Waals surface area (Å²) < 4.78 is 31.6. The predicted molar refractivity (Wildman–Crippen MR) is 81.7 cm³/mol. The van der Waals surface area contributed by atoms with Crippen molar-refractivity contribution < 1.29 is 22.9 Å². The average Bonchev–Trinajstić information content (AvgIpc) is 2.54. The second kappa shape index (κ2) is 6.44.